The van der Waals surface area contributed by atoms with Crippen LogP contribution in [0, 0.1) is 11.3 Å². The summed E-state index contributed by atoms with van der Waals surface area (Å²) in [5.41, 5.74) is 0.574. The third-order valence-corrected chi connectivity index (χ3v) is 3.86. The van der Waals surface area contributed by atoms with Crippen molar-refractivity contribution in [3.05, 3.63) is 0 Å². The molecule has 2 amide bonds. The fraction of sp³-hybridized carbons (Fsp3) is 0.909. The van der Waals surface area contributed by atoms with E-state index in [4.69, 9.17) is 0 Å². The van der Waals surface area contributed by atoms with Crippen molar-refractivity contribution < 1.29 is 4.79 Å². The minimum absolute atomic E-state index is 0.0333. The highest BCUT2D eigenvalue weighted by Gasteiger charge is 2.53. The number of amides is 2. The number of nitrogens with zero attached hydrogens (tertiary/aromatic N) is 1. The van der Waals surface area contributed by atoms with Crippen molar-refractivity contribution in [3.63, 3.8) is 0 Å². The van der Waals surface area contributed by atoms with Crippen LogP contribution >= 0.6 is 0 Å². The summed E-state index contributed by atoms with van der Waals surface area (Å²) in [7, 11) is 3.56. The second-order valence-corrected chi connectivity index (χ2v) is 5.09. The number of piperidine rings is 1. The Morgan fingerprint density at radius 1 is 1.47 bits per heavy atom. The van der Waals surface area contributed by atoms with E-state index in [-0.39, 0.29) is 6.03 Å². The predicted octanol–water partition coefficient (Wildman–Crippen LogP) is 0.647. The summed E-state index contributed by atoms with van der Waals surface area (Å²) in [6.07, 6.45) is 3.88. The zero-order valence-electron chi connectivity index (χ0n) is 9.68. The monoisotopic (exact) mass is 211 g/mol. The second-order valence-electron chi connectivity index (χ2n) is 5.09. The lowest BCUT2D eigenvalue weighted by atomic mass is 9.92. The summed E-state index contributed by atoms with van der Waals surface area (Å²) in [6.45, 7) is 3.16. The zero-order valence-corrected chi connectivity index (χ0v) is 9.68. The number of urea groups is 1. The van der Waals surface area contributed by atoms with Crippen LogP contribution in [-0.2, 0) is 0 Å². The summed E-state index contributed by atoms with van der Waals surface area (Å²) in [5, 5.41) is 6.37. The Balaban J connectivity index is 1.72. The van der Waals surface area contributed by atoms with Gasteiger partial charge in [0.15, 0.2) is 0 Å². The Bertz CT molecular complexity index is 246. The molecule has 1 aliphatic carbocycles. The summed E-state index contributed by atoms with van der Waals surface area (Å²) in [6, 6.07) is 0.0333. The largest absolute Gasteiger partial charge is 0.338 e. The van der Waals surface area contributed by atoms with Gasteiger partial charge in [0.1, 0.15) is 0 Å². The molecule has 1 atom stereocenters. The van der Waals surface area contributed by atoms with E-state index in [1.807, 2.05) is 0 Å². The van der Waals surface area contributed by atoms with Gasteiger partial charge >= 0.3 is 6.03 Å². The number of carbonyl (C=O) groups is 1. The van der Waals surface area contributed by atoms with E-state index in [1.54, 1.807) is 19.0 Å². The van der Waals surface area contributed by atoms with E-state index in [9.17, 15) is 4.79 Å². The minimum atomic E-state index is 0.0333. The molecule has 4 nitrogen and oxygen atoms in total. The smallest absolute Gasteiger partial charge is 0.316 e. The molecular weight excluding hydrogens is 190 g/mol. The van der Waals surface area contributed by atoms with Crippen LogP contribution in [0.25, 0.3) is 0 Å². The van der Waals surface area contributed by atoms with Crippen molar-refractivity contribution in [2.24, 2.45) is 11.3 Å². The Hall–Kier alpha value is -0.770. The number of hydrogen-bond donors (Lipinski definition) is 2. The van der Waals surface area contributed by atoms with Gasteiger partial charge in [0, 0.05) is 20.6 Å². The van der Waals surface area contributed by atoms with Gasteiger partial charge in [0.05, 0.1) is 0 Å². The molecule has 1 heterocycles. The second kappa shape index (κ2) is 4.00. The third-order valence-electron chi connectivity index (χ3n) is 3.86. The van der Waals surface area contributed by atoms with Crippen molar-refractivity contribution in [3.8, 4) is 0 Å². The molecule has 2 N–H and O–H groups in total. The molecule has 4 heteroatoms. The van der Waals surface area contributed by atoms with Gasteiger partial charge in [-0.1, -0.05) is 0 Å². The van der Waals surface area contributed by atoms with Crippen molar-refractivity contribution in [2.75, 3.05) is 33.7 Å². The highest BCUT2D eigenvalue weighted by molar-refractivity contribution is 5.73. The summed E-state index contributed by atoms with van der Waals surface area (Å²) in [5.74, 6) is 0.725. The molecule has 15 heavy (non-hydrogen) atoms. The molecule has 0 aromatic rings. The van der Waals surface area contributed by atoms with Gasteiger partial charge in [-0.25, -0.2) is 4.79 Å². The standard InChI is InChI=1S/C11H21N3O/c1-14(2)10(15)13-8-9-7-11(9)3-5-12-6-4-11/h9,12H,3-8H2,1-2H3,(H,13,15)/t9-/m0/s1. The number of hydrogen-bond acceptors (Lipinski definition) is 2. The van der Waals surface area contributed by atoms with Gasteiger partial charge in [-0.3, -0.25) is 0 Å². The molecule has 2 fully saturated rings. The highest BCUT2D eigenvalue weighted by Crippen LogP contribution is 2.58. The maximum atomic E-state index is 11.3. The third kappa shape index (κ3) is 2.25. The molecule has 2 aliphatic rings. The van der Waals surface area contributed by atoms with E-state index in [2.05, 4.69) is 10.6 Å². The van der Waals surface area contributed by atoms with E-state index >= 15 is 0 Å². The van der Waals surface area contributed by atoms with Crippen molar-refractivity contribution >= 4 is 6.03 Å². The lowest BCUT2D eigenvalue weighted by Gasteiger charge is -2.23. The van der Waals surface area contributed by atoms with Gasteiger partial charge in [0.25, 0.3) is 0 Å². The average molecular weight is 211 g/mol. The molecule has 0 radical (unpaired) electrons. The zero-order chi connectivity index (χ0) is 10.9. The van der Waals surface area contributed by atoms with Gasteiger partial charge < -0.3 is 15.5 Å². The lowest BCUT2D eigenvalue weighted by molar-refractivity contribution is 0.215. The van der Waals surface area contributed by atoms with Crippen LogP contribution in [0.5, 0.6) is 0 Å². The van der Waals surface area contributed by atoms with Crippen LogP contribution in [0.2, 0.25) is 0 Å². The molecular formula is C11H21N3O. The first-order valence-corrected chi connectivity index (χ1v) is 5.80. The molecule has 0 unspecified atom stereocenters. The summed E-state index contributed by atoms with van der Waals surface area (Å²) in [4.78, 5) is 12.9. The Morgan fingerprint density at radius 2 is 2.13 bits per heavy atom. The summed E-state index contributed by atoms with van der Waals surface area (Å²) >= 11 is 0. The van der Waals surface area contributed by atoms with E-state index in [0.717, 1.165) is 25.6 Å². The Morgan fingerprint density at radius 3 is 2.73 bits per heavy atom. The molecule has 1 saturated carbocycles. The molecule has 0 aromatic heterocycles. The molecule has 0 bridgehead atoms. The van der Waals surface area contributed by atoms with Gasteiger partial charge in [-0.2, -0.15) is 0 Å². The van der Waals surface area contributed by atoms with Crippen LogP contribution in [0.3, 0.4) is 0 Å². The Kier molecular flexibility index (Phi) is 2.87. The maximum Gasteiger partial charge on any atom is 0.316 e. The molecule has 1 saturated heterocycles. The first kappa shape index (κ1) is 10.7. The van der Waals surface area contributed by atoms with Gasteiger partial charge in [-0.05, 0) is 43.7 Å². The molecule has 1 spiro atoms. The van der Waals surface area contributed by atoms with Gasteiger partial charge in [0.2, 0.25) is 0 Å². The van der Waals surface area contributed by atoms with Crippen LogP contribution in [-0.4, -0.2) is 44.7 Å². The van der Waals surface area contributed by atoms with Crippen LogP contribution < -0.4 is 10.6 Å². The van der Waals surface area contributed by atoms with Crippen molar-refractivity contribution in [1.82, 2.24) is 15.5 Å². The highest BCUT2D eigenvalue weighted by atomic mass is 16.2. The van der Waals surface area contributed by atoms with Crippen LogP contribution in [0.4, 0.5) is 4.79 Å². The topological polar surface area (TPSA) is 44.4 Å². The van der Waals surface area contributed by atoms with Crippen LogP contribution in [0.1, 0.15) is 19.3 Å². The SMILES string of the molecule is CN(C)C(=O)NC[C@@H]1CC12CCNCC2. The van der Waals surface area contributed by atoms with Crippen molar-refractivity contribution in [1.29, 1.82) is 0 Å². The number of carbonyl (C=O) groups excluding carboxylic acids is 1. The van der Waals surface area contributed by atoms with Gasteiger partial charge in [-0.15, -0.1) is 0 Å². The number of rotatable bonds is 2. The molecule has 1 aliphatic heterocycles. The van der Waals surface area contributed by atoms with Crippen molar-refractivity contribution in [2.45, 2.75) is 19.3 Å². The predicted molar refractivity (Wildman–Crippen MR) is 59.7 cm³/mol. The number of nitrogens with one attached hydrogen (secondary N) is 2. The first-order chi connectivity index (χ1) is 7.14. The maximum absolute atomic E-state index is 11.3. The quantitative estimate of drug-likeness (QED) is 0.704. The first-order valence-electron chi connectivity index (χ1n) is 5.80. The average Bonchev–Trinajstić information content (AvgIpc) is 2.88. The lowest BCUT2D eigenvalue weighted by Crippen LogP contribution is -2.37. The molecule has 0 aromatic carbocycles. The Labute approximate surface area is 91.4 Å². The fourth-order valence-electron chi connectivity index (χ4n) is 2.63. The van der Waals surface area contributed by atoms with E-state index in [0.29, 0.717) is 5.41 Å². The van der Waals surface area contributed by atoms with E-state index in [1.165, 1.54) is 19.3 Å². The molecule has 2 rings (SSSR count). The van der Waals surface area contributed by atoms with E-state index < -0.39 is 0 Å². The molecule has 86 valence electrons. The van der Waals surface area contributed by atoms with Crippen LogP contribution in [0.15, 0.2) is 0 Å². The normalized spacial score (nSPS) is 27.5. The fourth-order valence-corrected chi connectivity index (χ4v) is 2.63. The summed E-state index contributed by atoms with van der Waals surface area (Å²) < 4.78 is 0. The minimum Gasteiger partial charge on any atom is -0.338 e.